The van der Waals surface area contributed by atoms with Gasteiger partial charge in [0.1, 0.15) is 6.79 Å². The standard InChI is InChI=1S/CH2O.H3O4P.H2O/c1-2;1-5(2,3)4;/h1H2;(H3,1,2,3,4);1H2. The average molecular weight is 146 g/mol. The van der Waals surface area contributed by atoms with Crippen LogP contribution in [0.3, 0.4) is 0 Å². The second-order valence-corrected chi connectivity index (χ2v) is 1.54. The van der Waals surface area contributed by atoms with E-state index in [1.54, 1.807) is 0 Å². The molecule has 0 saturated carbocycles. The summed E-state index contributed by atoms with van der Waals surface area (Å²) in [5.74, 6) is 0. The predicted octanol–water partition coefficient (Wildman–Crippen LogP) is -1.94. The van der Waals surface area contributed by atoms with Gasteiger partial charge in [-0.1, -0.05) is 0 Å². The third-order valence-corrected chi connectivity index (χ3v) is 0. The minimum Gasteiger partial charge on any atom is -0.412 e. The lowest BCUT2D eigenvalue weighted by Gasteiger charge is -1.82. The van der Waals surface area contributed by atoms with Crippen LogP contribution < -0.4 is 0 Å². The number of rotatable bonds is 0. The molecule has 0 spiro atoms. The molecule has 0 aliphatic carbocycles. The van der Waals surface area contributed by atoms with Crippen molar-refractivity contribution in [3.63, 3.8) is 0 Å². The van der Waals surface area contributed by atoms with Gasteiger partial charge in [-0.05, 0) is 0 Å². The van der Waals surface area contributed by atoms with Gasteiger partial charge in [0.05, 0.1) is 0 Å². The van der Waals surface area contributed by atoms with E-state index < -0.39 is 7.82 Å². The van der Waals surface area contributed by atoms with E-state index in [1.165, 1.54) is 0 Å². The van der Waals surface area contributed by atoms with E-state index in [1.807, 2.05) is 6.79 Å². The first kappa shape index (κ1) is 15.6. The minimum atomic E-state index is -4.64. The van der Waals surface area contributed by atoms with Crippen LogP contribution in [0.5, 0.6) is 0 Å². The molecule has 0 saturated heterocycles. The van der Waals surface area contributed by atoms with Crippen LogP contribution in [0.15, 0.2) is 0 Å². The van der Waals surface area contributed by atoms with E-state index in [9.17, 15) is 0 Å². The van der Waals surface area contributed by atoms with E-state index >= 15 is 0 Å². The number of carbonyl (C=O) groups is 1. The van der Waals surface area contributed by atoms with Crippen molar-refractivity contribution in [1.29, 1.82) is 0 Å². The Kier molecular flexibility index (Phi) is 13.2. The van der Waals surface area contributed by atoms with E-state index in [0.29, 0.717) is 0 Å². The Morgan fingerprint density at radius 3 is 1.12 bits per heavy atom. The molecule has 5 N–H and O–H groups in total. The van der Waals surface area contributed by atoms with Crippen LogP contribution in [0.25, 0.3) is 0 Å². The average Bonchev–Trinajstić information content (AvgIpc) is 1.36. The monoisotopic (exact) mass is 146 g/mol. The molecule has 0 aliphatic heterocycles. The SMILES string of the molecule is C=O.O.O=P(O)(O)O. The zero-order valence-corrected chi connectivity index (χ0v) is 4.71. The fourth-order valence-corrected chi connectivity index (χ4v) is 0. The van der Waals surface area contributed by atoms with E-state index in [0.717, 1.165) is 0 Å². The lowest BCUT2D eigenvalue weighted by Crippen LogP contribution is -1.66. The highest BCUT2D eigenvalue weighted by molar-refractivity contribution is 7.45. The van der Waals surface area contributed by atoms with Crippen molar-refractivity contribution in [3.05, 3.63) is 0 Å². The first-order valence-corrected chi connectivity index (χ1v) is 2.64. The fraction of sp³-hybridized carbons (Fsp3) is 0. The van der Waals surface area contributed by atoms with Gasteiger partial charge in [-0.25, -0.2) is 4.57 Å². The third kappa shape index (κ3) is 1910. The maximum Gasteiger partial charge on any atom is 0.466 e. The summed E-state index contributed by atoms with van der Waals surface area (Å²) >= 11 is 0. The Bertz CT molecular complexity index is 64.3. The molecular formula is CH7O6P. The summed E-state index contributed by atoms with van der Waals surface area (Å²) in [5, 5.41) is 0. The minimum absolute atomic E-state index is 0. The molecule has 0 bridgehead atoms. The second-order valence-electron chi connectivity index (χ2n) is 0.513. The van der Waals surface area contributed by atoms with Crippen molar-refractivity contribution in [2.75, 3.05) is 0 Å². The summed E-state index contributed by atoms with van der Waals surface area (Å²) in [6, 6.07) is 0. The molecule has 0 fully saturated rings. The van der Waals surface area contributed by atoms with Crippen LogP contribution in [-0.4, -0.2) is 26.9 Å². The molecule has 0 unspecified atom stereocenters. The van der Waals surface area contributed by atoms with Gasteiger partial charge in [0.2, 0.25) is 0 Å². The summed E-state index contributed by atoms with van der Waals surface area (Å²) in [6.45, 7) is 2.00. The lowest BCUT2D eigenvalue weighted by atomic mass is 11.9. The quantitative estimate of drug-likeness (QED) is 0.342. The molecule has 0 aliphatic rings. The van der Waals surface area contributed by atoms with Crippen molar-refractivity contribution in [2.24, 2.45) is 0 Å². The molecule has 0 atom stereocenters. The highest BCUT2D eigenvalue weighted by Gasteiger charge is 2.00. The molecular weight excluding hydrogens is 139 g/mol. The Labute approximate surface area is 45.3 Å². The maximum atomic E-state index is 8.88. The van der Waals surface area contributed by atoms with Gasteiger partial charge < -0.3 is 25.0 Å². The van der Waals surface area contributed by atoms with Gasteiger partial charge >= 0.3 is 7.82 Å². The van der Waals surface area contributed by atoms with Gasteiger partial charge in [-0.15, -0.1) is 0 Å². The summed E-state index contributed by atoms with van der Waals surface area (Å²) in [7, 11) is -4.64. The number of phosphoric acid groups is 1. The summed E-state index contributed by atoms with van der Waals surface area (Å²) in [4.78, 5) is 29.6. The summed E-state index contributed by atoms with van der Waals surface area (Å²) in [5.41, 5.74) is 0. The zero-order chi connectivity index (χ0) is 6.50. The van der Waals surface area contributed by atoms with Crippen LogP contribution in [0.2, 0.25) is 0 Å². The fourth-order valence-electron chi connectivity index (χ4n) is 0. The molecule has 0 aromatic heterocycles. The van der Waals surface area contributed by atoms with Crippen LogP contribution in [-0.2, 0) is 9.36 Å². The summed E-state index contributed by atoms with van der Waals surface area (Å²) in [6.07, 6.45) is 0. The molecule has 0 aromatic rings. The van der Waals surface area contributed by atoms with Crippen molar-refractivity contribution in [3.8, 4) is 0 Å². The Hall–Kier alpha value is -0.260. The van der Waals surface area contributed by atoms with Gasteiger partial charge in [0.25, 0.3) is 0 Å². The van der Waals surface area contributed by atoms with Gasteiger partial charge in [-0.3, -0.25) is 0 Å². The molecule has 0 amide bonds. The number of hydrogen-bond acceptors (Lipinski definition) is 2. The smallest absolute Gasteiger partial charge is 0.412 e. The highest BCUT2D eigenvalue weighted by atomic mass is 31.2. The van der Waals surface area contributed by atoms with Crippen LogP contribution in [0.1, 0.15) is 0 Å². The van der Waals surface area contributed by atoms with Gasteiger partial charge in [0.15, 0.2) is 0 Å². The Balaban J connectivity index is -0.0000000750. The van der Waals surface area contributed by atoms with Crippen LogP contribution >= 0.6 is 7.82 Å². The van der Waals surface area contributed by atoms with Crippen LogP contribution in [0.4, 0.5) is 0 Å². The maximum absolute atomic E-state index is 8.88. The highest BCUT2D eigenvalue weighted by Crippen LogP contribution is 2.25. The molecule has 0 aromatic carbocycles. The largest absolute Gasteiger partial charge is 0.466 e. The first-order valence-electron chi connectivity index (χ1n) is 1.07. The molecule has 0 rings (SSSR count). The molecule has 0 radical (unpaired) electrons. The van der Waals surface area contributed by atoms with Crippen molar-refractivity contribution in [1.82, 2.24) is 0 Å². The molecule has 8 heavy (non-hydrogen) atoms. The van der Waals surface area contributed by atoms with Gasteiger partial charge in [0, 0.05) is 0 Å². The second kappa shape index (κ2) is 6.74. The third-order valence-electron chi connectivity index (χ3n) is 0. The van der Waals surface area contributed by atoms with Crippen molar-refractivity contribution < 1.29 is 29.5 Å². The van der Waals surface area contributed by atoms with Crippen molar-refractivity contribution >= 4 is 14.6 Å². The Morgan fingerprint density at radius 2 is 1.12 bits per heavy atom. The lowest BCUT2D eigenvalue weighted by molar-refractivity contribution is -0.0980. The van der Waals surface area contributed by atoms with E-state index in [-0.39, 0.29) is 5.48 Å². The van der Waals surface area contributed by atoms with Crippen molar-refractivity contribution in [2.45, 2.75) is 0 Å². The normalized spacial score (nSPS) is 7.88. The van der Waals surface area contributed by atoms with E-state index in [4.69, 9.17) is 24.0 Å². The predicted molar refractivity (Wildman–Crippen MR) is 25.0 cm³/mol. The first-order chi connectivity index (χ1) is 3.00. The topological polar surface area (TPSA) is 126 Å². The molecule has 52 valence electrons. The molecule has 0 heterocycles. The van der Waals surface area contributed by atoms with Gasteiger partial charge in [-0.2, -0.15) is 0 Å². The Morgan fingerprint density at radius 1 is 1.12 bits per heavy atom. The molecule has 7 heteroatoms. The number of hydrogen-bond donors (Lipinski definition) is 3. The van der Waals surface area contributed by atoms with E-state index in [2.05, 4.69) is 0 Å². The number of carbonyl (C=O) groups excluding carboxylic acids is 1. The van der Waals surface area contributed by atoms with Crippen LogP contribution in [0, 0.1) is 0 Å². The summed E-state index contributed by atoms with van der Waals surface area (Å²) < 4.78 is 8.88. The molecule has 6 nitrogen and oxygen atoms in total. The zero-order valence-electron chi connectivity index (χ0n) is 3.81.